The van der Waals surface area contributed by atoms with Gasteiger partial charge < -0.3 is 25.4 Å². The highest BCUT2D eigenvalue weighted by Crippen LogP contribution is 2.23. The number of aryl methyl sites for hydroxylation is 1. The van der Waals surface area contributed by atoms with Gasteiger partial charge in [0.05, 0.1) is 0 Å². The largest absolute Gasteiger partial charge is 0.483 e. The number of carbonyl (C=O) groups excluding carboxylic acids is 3. The molecule has 0 saturated heterocycles. The monoisotopic (exact) mass is 501 g/mol. The van der Waals surface area contributed by atoms with Crippen LogP contribution in [-0.4, -0.2) is 44.0 Å². The Kier molecular flexibility index (Phi) is 9.12. The van der Waals surface area contributed by atoms with Crippen LogP contribution in [-0.2, 0) is 22.4 Å². The molecule has 192 valence electrons. The van der Waals surface area contributed by atoms with E-state index in [0.717, 1.165) is 11.1 Å². The first-order chi connectivity index (χ1) is 18.1. The van der Waals surface area contributed by atoms with Gasteiger partial charge in [0, 0.05) is 31.6 Å². The zero-order valence-electron chi connectivity index (χ0n) is 20.6. The molecule has 3 N–H and O–H groups in total. The van der Waals surface area contributed by atoms with Crippen molar-refractivity contribution in [1.29, 1.82) is 0 Å². The van der Waals surface area contributed by atoms with Crippen molar-refractivity contribution in [3.05, 3.63) is 89.5 Å². The molecular formula is C29H31N3O5. The minimum Gasteiger partial charge on any atom is -0.483 e. The molecule has 8 nitrogen and oxygen atoms in total. The van der Waals surface area contributed by atoms with E-state index in [1.807, 2.05) is 42.5 Å². The van der Waals surface area contributed by atoms with E-state index in [2.05, 4.69) is 16.0 Å². The first-order valence-corrected chi connectivity index (χ1v) is 12.5. The molecule has 37 heavy (non-hydrogen) atoms. The highest BCUT2D eigenvalue weighted by molar-refractivity contribution is 5.94. The maximum absolute atomic E-state index is 12.6. The van der Waals surface area contributed by atoms with Crippen LogP contribution in [0, 0.1) is 0 Å². The van der Waals surface area contributed by atoms with Gasteiger partial charge >= 0.3 is 0 Å². The third-order valence-corrected chi connectivity index (χ3v) is 5.88. The third-order valence-electron chi connectivity index (χ3n) is 5.88. The molecule has 0 fully saturated rings. The molecule has 4 rings (SSSR count). The van der Waals surface area contributed by atoms with Crippen molar-refractivity contribution in [2.24, 2.45) is 0 Å². The van der Waals surface area contributed by atoms with Crippen LogP contribution < -0.4 is 25.4 Å². The number of ether oxygens (including phenoxy) is 2. The highest BCUT2D eigenvalue weighted by Gasteiger charge is 2.11. The molecule has 0 spiro atoms. The van der Waals surface area contributed by atoms with Crippen LogP contribution in [0.1, 0.15) is 34.3 Å². The fraction of sp³-hybridized carbons (Fsp3) is 0.276. The van der Waals surface area contributed by atoms with Gasteiger partial charge in [0.1, 0.15) is 17.2 Å². The molecule has 3 amide bonds. The normalized spacial score (nSPS) is 15.9. The zero-order chi connectivity index (χ0) is 25.9. The number of rotatable bonds is 0. The summed E-state index contributed by atoms with van der Waals surface area (Å²) in [5, 5.41) is 8.64. The number of fused-ring (bicyclic) bond motifs is 5. The topological polar surface area (TPSA) is 106 Å². The van der Waals surface area contributed by atoms with Crippen molar-refractivity contribution in [1.82, 2.24) is 16.0 Å². The van der Waals surface area contributed by atoms with Gasteiger partial charge in [-0.1, -0.05) is 36.4 Å². The molecule has 8 heteroatoms. The summed E-state index contributed by atoms with van der Waals surface area (Å²) in [6.45, 7) is 1.24. The average molecular weight is 502 g/mol. The lowest BCUT2D eigenvalue weighted by Gasteiger charge is -2.13. The van der Waals surface area contributed by atoms with Crippen molar-refractivity contribution in [3.8, 4) is 17.2 Å². The minimum absolute atomic E-state index is 0.0820. The summed E-state index contributed by atoms with van der Waals surface area (Å²) >= 11 is 0. The van der Waals surface area contributed by atoms with Crippen LogP contribution >= 0.6 is 0 Å². The van der Waals surface area contributed by atoms with Gasteiger partial charge in [0.2, 0.25) is 5.91 Å². The molecule has 0 unspecified atom stereocenters. The van der Waals surface area contributed by atoms with Gasteiger partial charge in [-0.3, -0.25) is 14.4 Å². The van der Waals surface area contributed by atoms with Crippen molar-refractivity contribution in [3.63, 3.8) is 0 Å². The van der Waals surface area contributed by atoms with E-state index in [4.69, 9.17) is 9.47 Å². The number of nitrogens with one attached hydrogen (secondary N) is 3. The van der Waals surface area contributed by atoms with E-state index < -0.39 is 0 Å². The molecule has 1 heterocycles. The summed E-state index contributed by atoms with van der Waals surface area (Å²) in [5.41, 5.74) is 2.37. The van der Waals surface area contributed by atoms with Crippen LogP contribution in [0.5, 0.6) is 17.2 Å². The molecule has 0 saturated carbocycles. The van der Waals surface area contributed by atoms with E-state index in [9.17, 15) is 14.4 Å². The predicted octanol–water partition coefficient (Wildman–Crippen LogP) is 3.40. The highest BCUT2D eigenvalue weighted by atomic mass is 16.5. The molecule has 0 atom stereocenters. The van der Waals surface area contributed by atoms with Gasteiger partial charge in [-0.15, -0.1) is 0 Å². The molecule has 3 aromatic carbocycles. The second kappa shape index (κ2) is 13.1. The maximum Gasteiger partial charge on any atom is 0.257 e. The third kappa shape index (κ3) is 8.10. The fourth-order valence-corrected chi connectivity index (χ4v) is 3.95. The number of hydrogen-bond acceptors (Lipinski definition) is 5. The second-order valence-electron chi connectivity index (χ2n) is 8.73. The Morgan fingerprint density at radius 3 is 2.30 bits per heavy atom. The van der Waals surface area contributed by atoms with Crippen molar-refractivity contribution < 1.29 is 23.9 Å². The molecule has 0 aliphatic carbocycles. The Morgan fingerprint density at radius 2 is 1.41 bits per heavy atom. The van der Waals surface area contributed by atoms with Gasteiger partial charge in [-0.25, -0.2) is 0 Å². The van der Waals surface area contributed by atoms with Crippen LogP contribution in [0.4, 0.5) is 0 Å². The molecule has 1 aliphatic rings. The number of carbonyl (C=O) groups is 3. The van der Waals surface area contributed by atoms with Crippen LogP contribution in [0.15, 0.2) is 72.8 Å². The Balaban J connectivity index is 1.45. The van der Waals surface area contributed by atoms with E-state index in [0.29, 0.717) is 68.1 Å². The van der Waals surface area contributed by atoms with E-state index in [-0.39, 0.29) is 24.3 Å². The van der Waals surface area contributed by atoms with Crippen LogP contribution in [0.25, 0.3) is 0 Å². The number of amides is 3. The van der Waals surface area contributed by atoms with Gasteiger partial charge in [0.25, 0.3) is 11.8 Å². The lowest BCUT2D eigenvalue weighted by atomic mass is 10.1. The average Bonchev–Trinajstić information content (AvgIpc) is 2.91. The number of benzene rings is 3. The summed E-state index contributed by atoms with van der Waals surface area (Å²) in [6.07, 6.45) is 2.02. The van der Waals surface area contributed by atoms with Crippen LogP contribution in [0.2, 0.25) is 0 Å². The predicted molar refractivity (Wildman–Crippen MR) is 140 cm³/mol. The molecule has 0 radical (unpaired) electrons. The van der Waals surface area contributed by atoms with Crippen LogP contribution in [0.3, 0.4) is 0 Å². The second-order valence-corrected chi connectivity index (χ2v) is 8.73. The summed E-state index contributed by atoms with van der Waals surface area (Å²) in [6, 6.07) is 22.0. The fourth-order valence-electron chi connectivity index (χ4n) is 3.95. The lowest BCUT2D eigenvalue weighted by molar-refractivity contribution is -0.123. The number of hydrogen-bond donors (Lipinski definition) is 3. The molecule has 0 aromatic heterocycles. The van der Waals surface area contributed by atoms with Crippen molar-refractivity contribution in [2.45, 2.75) is 25.7 Å². The maximum atomic E-state index is 12.6. The summed E-state index contributed by atoms with van der Waals surface area (Å²) in [7, 11) is 0. The minimum atomic E-state index is -0.218. The van der Waals surface area contributed by atoms with Gasteiger partial charge in [-0.2, -0.15) is 0 Å². The van der Waals surface area contributed by atoms with Gasteiger partial charge in [0.15, 0.2) is 6.61 Å². The van der Waals surface area contributed by atoms with E-state index in [1.165, 1.54) is 0 Å². The summed E-state index contributed by atoms with van der Waals surface area (Å²) in [4.78, 5) is 37.2. The SMILES string of the molecule is O=C1CCc2ccccc2OCC(=O)NCCc2cccc(c2)Oc2cccc(c2)C(=O)NCCCN1. The van der Waals surface area contributed by atoms with E-state index in [1.54, 1.807) is 30.3 Å². The zero-order valence-corrected chi connectivity index (χ0v) is 20.6. The molecule has 1 aliphatic heterocycles. The molecule has 4 bridgehead atoms. The quantitative estimate of drug-likeness (QED) is 0.438. The number of para-hydroxylation sites is 1. The standard InChI is InChI=1S/C29H31N3O5/c33-27-13-12-22-7-1-2-11-26(22)36-20-28(34)31-17-14-21-6-3-9-24(18-21)37-25-10-4-8-23(19-25)29(35)32-16-5-15-30-27/h1-4,6-11,18-19H,5,12-17,20H2,(H,30,33)(H,31,34)(H,32,35). The summed E-state index contributed by atoms with van der Waals surface area (Å²) < 4.78 is 11.7. The van der Waals surface area contributed by atoms with E-state index >= 15 is 0 Å². The first kappa shape index (κ1) is 25.8. The smallest absolute Gasteiger partial charge is 0.257 e. The Labute approximate surface area is 216 Å². The summed E-state index contributed by atoms with van der Waals surface area (Å²) in [5.74, 6) is 1.29. The molecular weight excluding hydrogens is 470 g/mol. The lowest BCUT2D eigenvalue weighted by Crippen LogP contribution is -2.31. The Hall–Kier alpha value is -4.33. The first-order valence-electron chi connectivity index (χ1n) is 12.5. The Bertz CT molecular complexity index is 1240. The van der Waals surface area contributed by atoms with Crippen molar-refractivity contribution in [2.75, 3.05) is 26.2 Å². The van der Waals surface area contributed by atoms with Crippen molar-refractivity contribution >= 4 is 17.7 Å². The van der Waals surface area contributed by atoms with Gasteiger partial charge in [-0.05, 0) is 66.8 Å². The molecule has 3 aromatic rings. The Morgan fingerprint density at radius 1 is 0.649 bits per heavy atom.